The van der Waals surface area contributed by atoms with Crippen molar-refractivity contribution in [3.05, 3.63) is 59.1 Å². The maximum Gasteiger partial charge on any atom is 0.293 e. The molecule has 0 unspecified atom stereocenters. The van der Waals surface area contributed by atoms with Gasteiger partial charge in [0.25, 0.3) is 5.89 Å². The van der Waals surface area contributed by atoms with Gasteiger partial charge < -0.3 is 20.0 Å². The number of aromatic nitrogens is 5. The lowest BCUT2D eigenvalue weighted by molar-refractivity contribution is 0.410. The highest BCUT2D eigenvalue weighted by Crippen LogP contribution is 2.24. The fourth-order valence-electron chi connectivity index (χ4n) is 2.26. The van der Waals surface area contributed by atoms with Crippen LogP contribution in [0.1, 0.15) is 11.6 Å². The number of furan rings is 1. The third-order valence-corrected chi connectivity index (χ3v) is 3.71. The lowest BCUT2D eigenvalue weighted by Gasteiger charge is -2.08. The molecule has 0 spiro atoms. The molecule has 0 bridgehead atoms. The van der Waals surface area contributed by atoms with Gasteiger partial charge in [-0.25, -0.2) is 4.39 Å². The molecule has 11 heteroatoms. The first-order valence-electron chi connectivity index (χ1n) is 7.66. The van der Waals surface area contributed by atoms with E-state index in [-0.39, 0.29) is 40.7 Å². The Labute approximate surface area is 156 Å². The van der Waals surface area contributed by atoms with Gasteiger partial charge in [-0.3, -0.25) is 0 Å². The van der Waals surface area contributed by atoms with Crippen LogP contribution in [-0.2, 0) is 6.42 Å². The molecule has 9 nitrogen and oxygen atoms in total. The number of rotatable bonds is 5. The smallest absolute Gasteiger partial charge is 0.293 e. The summed E-state index contributed by atoms with van der Waals surface area (Å²) in [5.74, 6) is 0.680. The Morgan fingerprint density at radius 2 is 1.96 bits per heavy atom. The summed E-state index contributed by atoms with van der Waals surface area (Å²) in [5.41, 5.74) is 5.83. The minimum atomic E-state index is -0.624. The number of nitrogens with one attached hydrogen (secondary N) is 1. The van der Waals surface area contributed by atoms with Crippen LogP contribution in [0, 0.1) is 5.82 Å². The van der Waals surface area contributed by atoms with E-state index < -0.39 is 5.82 Å². The zero-order valence-electron chi connectivity index (χ0n) is 13.6. The molecule has 0 radical (unpaired) electrons. The van der Waals surface area contributed by atoms with Gasteiger partial charge in [-0.1, -0.05) is 22.8 Å². The van der Waals surface area contributed by atoms with E-state index in [1.165, 1.54) is 18.4 Å². The molecule has 0 fully saturated rings. The Hall–Kier alpha value is -3.53. The van der Waals surface area contributed by atoms with Crippen molar-refractivity contribution in [2.75, 3.05) is 11.1 Å². The largest absolute Gasteiger partial charge is 0.459 e. The lowest BCUT2D eigenvalue weighted by atomic mass is 10.3. The van der Waals surface area contributed by atoms with Gasteiger partial charge in [0.15, 0.2) is 17.4 Å². The van der Waals surface area contributed by atoms with Crippen LogP contribution in [0.2, 0.25) is 5.02 Å². The van der Waals surface area contributed by atoms with Crippen molar-refractivity contribution in [1.82, 2.24) is 25.1 Å². The molecular formula is C16H11ClFN7O2. The number of nitrogens with two attached hydrogens (primary N) is 1. The lowest BCUT2D eigenvalue weighted by Crippen LogP contribution is -2.08. The van der Waals surface area contributed by atoms with E-state index in [2.05, 4.69) is 30.4 Å². The highest BCUT2D eigenvalue weighted by molar-refractivity contribution is 6.31. The minimum absolute atomic E-state index is 0.0282. The van der Waals surface area contributed by atoms with E-state index >= 15 is 0 Å². The summed E-state index contributed by atoms with van der Waals surface area (Å²) in [7, 11) is 0. The SMILES string of the molecule is Nc1nc(Cc2noc(-c3ccco3)n2)nc(Nc2cccc(Cl)c2F)n1. The summed E-state index contributed by atoms with van der Waals surface area (Å²) in [4.78, 5) is 16.4. The summed E-state index contributed by atoms with van der Waals surface area (Å²) in [6.45, 7) is 0. The Balaban J connectivity index is 1.56. The maximum absolute atomic E-state index is 14.0. The molecule has 0 aliphatic rings. The van der Waals surface area contributed by atoms with Gasteiger partial charge in [-0.15, -0.1) is 0 Å². The first kappa shape index (κ1) is 16.9. The average Bonchev–Trinajstić information content (AvgIpc) is 3.30. The van der Waals surface area contributed by atoms with Crippen LogP contribution in [0.5, 0.6) is 0 Å². The third-order valence-electron chi connectivity index (χ3n) is 3.41. The Morgan fingerprint density at radius 3 is 2.78 bits per heavy atom. The second-order valence-corrected chi connectivity index (χ2v) is 5.74. The molecule has 0 aliphatic heterocycles. The van der Waals surface area contributed by atoms with Crippen LogP contribution in [0.15, 0.2) is 45.5 Å². The highest BCUT2D eigenvalue weighted by atomic mass is 35.5. The van der Waals surface area contributed by atoms with Crippen LogP contribution in [-0.4, -0.2) is 25.1 Å². The minimum Gasteiger partial charge on any atom is -0.459 e. The quantitative estimate of drug-likeness (QED) is 0.530. The van der Waals surface area contributed by atoms with Gasteiger partial charge in [0.1, 0.15) is 5.82 Å². The van der Waals surface area contributed by atoms with Crippen LogP contribution in [0.3, 0.4) is 0 Å². The van der Waals surface area contributed by atoms with Crippen molar-refractivity contribution in [2.45, 2.75) is 6.42 Å². The molecule has 0 saturated carbocycles. The Bertz CT molecular complexity index is 1080. The number of benzene rings is 1. The normalized spacial score (nSPS) is 10.9. The molecule has 3 heterocycles. The number of nitrogens with zero attached hydrogens (tertiary/aromatic N) is 5. The molecule has 3 aromatic heterocycles. The Morgan fingerprint density at radius 1 is 1.07 bits per heavy atom. The van der Waals surface area contributed by atoms with Crippen molar-refractivity contribution < 1.29 is 13.3 Å². The van der Waals surface area contributed by atoms with Crippen LogP contribution < -0.4 is 11.1 Å². The molecule has 136 valence electrons. The number of anilines is 3. The fourth-order valence-corrected chi connectivity index (χ4v) is 2.44. The summed E-state index contributed by atoms with van der Waals surface area (Å²) in [5, 5.41) is 6.55. The molecule has 4 rings (SSSR count). The third kappa shape index (κ3) is 3.70. The number of hydrogen-bond acceptors (Lipinski definition) is 9. The van der Waals surface area contributed by atoms with Gasteiger partial charge in [-0.05, 0) is 24.3 Å². The van der Waals surface area contributed by atoms with Crippen molar-refractivity contribution in [1.29, 1.82) is 0 Å². The molecule has 0 atom stereocenters. The second-order valence-electron chi connectivity index (χ2n) is 5.33. The van der Waals surface area contributed by atoms with Gasteiger partial charge in [-0.2, -0.15) is 19.9 Å². The molecule has 27 heavy (non-hydrogen) atoms. The zero-order valence-corrected chi connectivity index (χ0v) is 14.3. The summed E-state index contributed by atoms with van der Waals surface area (Å²) in [6.07, 6.45) is 1.63. The van der Waals surface area contributed by atoms with E-state index in [4.69, 9.17) is 26.3 Å². The van der Waals surface area contributed by atoms with Gasteiger partial charge >= 0.3 is 0 Å². The van der Waals surface area contributed by atoms with E-state index in [1.54, 1.807) is 18.2 Å². The topological polar surface area (TPSA) is 129 Å². The molecule has 0 amide bonds. The Kier molecular flexibility index (Phi) is 4.38. The molecule has 0 saturated heterocycles. The van der Waals surface area contributed by atoms with Crippen molar-refractivity contribution in [3.8, 4) is 11.7 Å². The summed E-state index contributed by atoms with van der Waals surface area (Å²) >= 11 is 5.77. The maximum atomic E-state index is 14.0. The van der Waals surface area contributed by atoms with E-state index in [1.807, 2.05) is 0 Å². The van der Waals surface area contributed by atoms with Gasteiger partial charge in [0.2, 0.25) is 11.9 Å². The number of nitrogen functional groups attached to an aromatic ring is 1. The second kappa shape index (κ2) is 7.00. The fraction of sp³-hybridized carbons (Fsp3) is 0.0625. The zero-order chi connectivity index (χ0) is 18.8. The first-order chi connectivity index (χ1) is 13.1. The van der Waals surface area contributed by atoms with E-state index in [0.29, 0.717) is 11.6 Å². The highest BCUT2D eigenvalue weighted by Gasteiger charge is 2.15. The van der Waals surface area contributed by atoms with Crippen molar-refractivity contribution >= 4 is 29.2 Å². The standard InChI is InChI=1S/C16H11ClFN7O2/c17-8-3-1-4-9(13(8)18)20-16-23-11(22-15(19)24-16)7-12-21-14(27-25-12)10-5-2-6-26-10/h1-6H,7H2,(H3,19,20,22,23,24). The molecular weight excluding hydrogens is 377 g/mol. The van der Waals surface area contributed by atoms with Gasteiger partial charge in [0.05, 0.1) is 23.4 Å². The van der Waals surface area contributed by atoms with Crippen LogP contribution in [0.25, 0.3) is 11.7 Å². The van der Waals surface area contributed by atoms with Crippen molar-refractivity contribution in [2.24, 2.45) is 0 Å². The molecule has 1 aromatic carbocycles. The predicted molar refractivity (Wildman–Crippen MR) is 93.7 cm³/mol. The molecule has 4 aromatic rings. The summed E-state index contributed by atoms with van der Waals surface area (Å²) < 4.78 is 24.4. The van der Waals surface area contributed by atoms with Crippen molar-refractivity contribution in [3.63, 3.8) is 0 Å². The van der Waals surface area contributed by atoms with E-state index in [9.17, 15) is 4.39 Å². The number of halogens is 2. The number of hydrogen-bond donors (Lipinski definition) is 2. The predicted octanol–water partition coefficient (Wildman–Crippen LogP) is 3.22. The first-order valence-corrected chi connectivity index (χ1v) is 8.04. The van der Waals surface area contributed by atoms with E-state index in [0.717, 1.165) is 0 Å². The summed E-state index contributed by atoms with van der Waals surface area (Å²) in [6, 6.07) is 7.92. The average molecular weight is 388 g/mol. The van der Waals surface area contributed by atoms with Crippen LogP contribution >= 0.6 is 11.6 Å². The van der Waals surface area contributed by atoms with Gasteiger partial charge in [0, 0.05) is 0 Å². The van der Waals surface area contributed by atoms with Crippen LogP contribution in [0.4, 0.5) is 22.0 Å². The molecule has 0 aliphatic carbocycles. The molecule has 3 N–H and O–H groups in total. The monoisotopic (exact) mass is 387 g/mol.